The van der Waals surface area contributed by atoms with Gasteiger partial charge in [-0.15, -0.1) is 0 Å². The summed E-state index contributed by atoms with van der Waals surface area (Å²) in [6, 6.07) is 10.00. The molecule has 9 nitrogen and oxygen atoms in total. The average molecular weight is 451 g/mol. The van der Waals surface area contributed by atoms with Gasteiger partial charge in [-0.2, -0.15) is 5.10 Å². The molecule has 4 heterocycles. The van der Waals surface area contributed by atoms with Crippen LogP contribution in [0.5, 0.6) is 0 Å². The second-order valence-electron chi connectivity index (χ2n) is 9.00. The van der Waals surface area contributed by atoms with Crippen molar-refractivity contribution in [3.63, 3.8) is 0 Å². The zero-order valence-corrected chi connectivity index (χ0v) is 18.6. The number of hydrogen-bond acceptors (Lipinski definition) is 8. The Balaban J connectivity index is 1.41. The van der Waals surface area contributed by atoms with Gasteiger partial charge in [0.1, 0.15) is 11.6 Å². The Hall–Kier alpha value is -3.17. The van der Waals surface area contributed by atoms with Crippen LogP contribution in [0, 0.1) is 5.92 Å². The predicted octanol–water partition coefficient (Wildman–Crippen LogP) is 2.23. The van der Waals surface area contributed by atoms with E-state index in [-0.39, 0.29) is 18.3 Å². The highest BCUT2D eigenvalue weighted by Crippen LogP contribution is 2.30. The first-order valence-corrected chi connectivity index (χ1v) is 11.6. The number of aliphatic hydroxyl groups excluding tert-OH is 2. The van der Waals surface area contributed by atoms with Crippen molar-refractivity contribution in [2.75, 3.05) is 47.9 Å². The molecule has 2 saturated heterocycles. The fraction of sp³-hybridized carbons (Fsp3) is 0.458. The van der Waals surface area contributed by atoms with Gasteiger partial charge in [0.15, 0.2) is 0 Å². The molecule has 0 atom stereocenters. The van der Waals surface area contributed by atoms with E-state index in [2.05, 4.69) is 37.4 Å². The summed E-state index contributed by atoms with van der Waals surface area (Å²) in [7, 11) is 0. The molecule has 0 radical (unpaired) electrons. The lowest BCUT2D eigenvalue weighted by molar-refractivity contribution is 0.145. The fourth-order valence-electron chi connectivity index (χ4n) is 4.72. The number of benzene rings is 1. The number of aromatic nitrogens is 3. The summed E-state index contributed by atoms with van der Waals surface area (Å²) in [4.78, 5) is 21.9. The van der Waals surface area contributed by atoms with Crippen molar-refractivity contribution in [2.24, 2.45) is 5.92 Å². The lowest BCUT2D eigenvalue weighted by atomic mass is 9.98. The van der Waals surface area contributed by atoms with E-state index in [0.29, 0.717) is 17.1 Å². The van der Waals surface area contributed by atoms with E-state index in [1.165, 1.54) is 0 Å². The van der Waals surface area contributed by atoms with Gasteiger partial charge in [-0.25, -0.2) is 10.1 Å². The third-order valence-corrected chi connectivity index (χ3v) is 6.79. The molecule has 3 aromatic rings. The zero-order valence-electron chi connectivity index (χ0n) is 18.6. The fourth-order valence-corrected chi connectivity index (χ4v) is 4.72. The minimum Gasteiger partial charge on any atom is -0.396 e. The first kappa shape index (κ1) is 21.7. The van der Waals surface area contributed by atoms with Crippen LogP contribution in [0.4, 0.5) is 23.0 Å². The van der Waals surface area contributed by atoms with E-state index in [9.17, 15) is 15.0 Å². The van der Waals surface area contributed by atoms with Crippen molar-refractivity contribution < 1.29 is 10.2 Å². The molecule has 5 rings (SSSR count). The van der Waals surface area contributed by atoms with E-state index < -0.39 is 0 Å². The number of piperidine rings is 2. The van der Waals surface area contributed by atoms with Crippen molar-refractivity contribution in [2.45, 2.75) is 31.8 Å². The Kier molecular flexibility index (Phi) is 6.15. The maximum absolute atomic E-state index is 12.6. The molecule has 0 amide bonds. The highest BCUT2D eigenvalue weighted by atomic mass is 16.3. The molecule has 4 N–H and O–H groups in total. The summed E-state index contributed by atoms with van der Waals surface area (Å²) >= 11 is 0. The molecule has 0 aliphatic carbocycles. The molecule has 0 saturated carbocycles. The third-order valence-electron chi connectivity index (χ3n) is 6.79. The smallest absolute Gasteiger partial charge is 0.275 e. The molecular formula is C24H30N6O3. The monoisotopic (exact) mass is 450 g/mol. The number of hydrogen-bond donors (Lipinski definition) is 4. The van der Waals surface area contributed by atoms with Crippen molar-refractivity contribution in [3.05, 3.63) is 46.9 Å². The lowest BCUT2D eigenvalue weighted by Crippen LogP contribution is -2.35. The van der Waals surface area contributed by atoms with Gasteiger partial charge in [-0.1, -0.05) is 0 Å². The molecule has 1 aromatic carbocycles. The van der Waals surface area contributed by atoms with Gasteiger partial charge in [0.25, 0.3) is 5.56 Å². The second kappa shape index (κ2) is 9.36. The second-order valence-corrected chi connectivity index (χ2v) is 9.00. The quantitative estimate of drug-likeness (QED) is 0.468. The Bertz CT molecular complexity index is 1150. The van der Waals surface area contributed by atoms with Crippen molar-refractivity contribution in [3.8, 4) is 0 Å². The Labute approximate surface area is 192 Å². The van der Waals surface area contributed by atoms with Gasteiger partial charge in [0, 0.05) is 49.5 Å². The zero-order chi connectivity index (χ0) is 22.8. The topological polar surface area (TPSA) is 118 Å². The van der Waals surface area contributed by atoms with Crippen LogP contribution in [0.25, 0.3) is 10.8 Å². The normalized spacial score (nSPS) is 18.1. The van der Waals surface area contributed by atoms with E-state index >= 15 is 0 Å². The molecule has 2 fully saturated rings. The van der Waals surface area contributed by atoms with Crippen LogP contribution in [-0.4, -0.2) is 64.3 Å². The predicted molar refractivity (Wildman–Crippen MR) is 129 cm³/mol. The minimum absolute atomic E-state index is 0.198. The Morgan fingerprint density at radius 3 is 2.42 bits per heavy atom. The molecule has 2 aliphatic rings. The SMILES string of the molecule is O=c1[nH]ncc2cc(N3CCC(CO)CC3)nc(Nc3ccc(N4CCC(O)CC4)cc3)c12. The van der Waals surface area contributed by atoms with Crippen LogP contribution in [0.3, 0.4) is 0 Å². The first-order chi connectivity index (χ1) is 16.1. The van der Waals surface area contributed by atoms with Crippen LogP contribution < -0.4 is 20.7 Å². The molecule has 9 heteroatoms. The molecule has 0 unspecified atom stereocenters. The number of aromatic amines is 1. The third kappa shape index (κ3) is 4.65. The summed E-state index contributed by atoms with van der Waals surface area (Å²) in [6.45, 7) is 3.55. The van der Waals surface area contributed by atoms with Gasteiger partial charge in [-0.3, -0.25) is 4.79 Å². The van der Waals surface area contributed by atoms with Crippen LogP contribution in [0.1, 0.15) is 25.7 Å². The number of nitrogens with zero attached hydrogens (tertiary/aromatic N) is 4. The van der Waals surface area contributed by atoms with Crippen LogP contribution in [-0.2, 0) is 0 Å². The summed E-state index contributed by atoms with van der Waals surface area (Å²) in [6.07, 6.45) is 4.87. The molecule has 33 heavy (non-hydrogen) atoms. The standard InChI is InChI=1S/C24H30N6O3/c31-15-16-5-9-30(10-6-16)21-13-17-14-25-28-24(33)22(17)23(27-21)26-18-1-3-19(4-2-18)29-11-7-20(32)8-12-29/h1-4,13-14,16,20,31-32H,5-12,15H2,(H,26,27)(H,28,33). The number of anilines is 4. The molecule has 2 aliphatic heterocycles. The largest absolute Gasteiger partial charge is 0.396 e. The molecular weight excluding hydrogens is 420 g/mol. The summed E-state index contributed by atoms with van der Waals surface area (Å²) < 4.78 is 0. The summed E-state index contributed by atoms with van der Waals surface area (Å²) in [5.41, 5.74) is 1.68. The van der Waals surface area contributed by atoms with E-state index in [1.807, 2.05) is 18.2 Å². The number of H-pyrrole nitrogens is 1. The number of fused-ring (bicyclic) bond motifs is 1. The number of pyridine rings is 1. The maximum Gasteiger partial charge on any atom is 0.275 e. The van der Waals surface area contributed by atoms with Gasteiger partial charge in [0.05, 0.1) is 17.7 Å². The van der Waals surface area contributed by atoms with Gasteiger partial charge in [-0.05, 0) is 61.9 Å². The van der Waals surface area contributed by atoms with E-state index in [0.717, 1.165) is 74.4 Å². The highest BCUT2D eigenvalue weighted by Gasteiger charge is 2.22. The van der Waals surface area contributed by atoms with Gasteiger partial charge in [0.2, 0.25) is 0 Å². The maximum atomic E-state index is 12.6. The van der Waals surface area contributed by atoms with E-state index in [4.69, 9.17) is 4.98 Å². The molecule has 174 valence electrons. The van der Waals surface area contributed by atoms with E-state index in [1.54, 1.807) is 6.20 Å². The van der Waals surface area contributed by atoms with Crippen molar-refractivity contribution in [1.82, 2.24) is 15.2 Å². The first-order valence-electron chi connectivity index (χ1n) is 11.6. The summed E-state index contributed by atoms with van der Waals surface area (Å²) in [5.74, 6) is 1.65. The molecule has 0 spiro atoms. The van der Waals surface area contributed by atoms with Crippen LogP contribution in [0.15, 0.2) is 41.3 Å². The summed E-state index contributed by atoms with van der Waals surface area (Å²) in [5, 5.41) is 30.2. The molecule has 0 bridgehead atoms. The van der Waals surface area contributed by atoms with Crippen LogP contribution >= 0.6 is 0 Å². The number of aliphatic hydroxyl groups is 2. The molecule has 2 aromatic heterocycles. The lowest BCUT2D eigenvalue weighted by Gasteiger charge is -2.32. The minimum atomic E-state index is -0.281. The van der Waals surface area contributed by atoms with Gasteiger partial charge < -0.3 is 25.3 Å². The average Bonchev–Trinajstić information content (AvgIpc) is 2.85. The van der Waals surface area contributed by atoms with Crippen molar-refractivity contribution in [1.29, 1.82) is 0 Å². The number of rotatable bonds is 5. The Morgan fingerprint density at radius 2 is 1.73 bits per heavy atom. The van der Waals surface area contributed by atoms with Gasteiger partial charge >= 0.3 is 0 Å². The number of nitrogens with one attached hydrogen (secondary N) is 2. The van der Waals surface area contributed by atoms with Crippen LogP contribution in [0.2, 0.25) is 0 Å². The Morgan fingerprint density at radius 1 is 1.03 bits per heavy atom. The highest BCUT2D eigenvalue weighted by molar-refractivity contribution is 5.94. The van der Waals surface area contributed by atoms with Crippen molar-refractivity contribution >= 4 is 33.8 Å².